The van der Waals surface area contributed by atoms with Gasteiger partial charge in [0.1, 0.15) is 11.9 Å². The van der Waals surface area contributed by atoms with Gasteiger partial charge in [0.05, 0.1) is 0 Å². The Hall–Kier alpha value is -1.32. The van der Waals surface area contributed by atoms with Gasteiger partial charge in [-0.3, -0.25) is 0 Å². The van der Waals surface area contributed by atoms with Gasteiger partial charge in [-0.15, -0.1) is 11.3 Å². The van der Waals surface area contributed by atoms with Gasteiger partial charge in [-0.25, -0.2) is 0 Å². The molecular formula is C17H23NOS. The van der Waals surface area contributed by atoms with Crippen LogP contribution < -0.4 is 10.5 Å². The third kappa shape index (κ3) is 3.62. The van der Waals surface area contributed by atoms with E-state index >= 15 is 0 Å². The number of ether oxygens (including phenoxy) is 1. The van der Waals surface area contributed by atoms with Gasteiger partial charge in [-0.05, 0) is 48.4 Å². The van der Waals surface area contributed by atoms with Crippen LogP contribution in [0, 0.1) is 0 Å². The summed E-state index contributed by atoms with van der Waals surface area (Å²) >= 11 is 1.69. The number of nitrogens with two attached hydrogens (primary N) is 1. The number of benzene rings is 1. The van der Waals surface area contributed by atoms with Crippen LogP contribution in [0.1, 0.15) is 49.7 Å². The van der Waals surface area contributed by atoms with Crippen LogP contribution in [0.4, 0.5) is 0 Å². The molecule has 3 atom stereocenters. The molecule has 20 heavy (non-hydrogen) atoms. The summed E-state index contributed by atoms with van der Waals surface area (Å²) in [5, 5.41) is 2.06. The standard InChI is InChI=1S/C17H23NOS/c1-4-12(2)14-7-9-15(10-8-14)19-17(13(3)18)16-6-5-11-20-16/h5-13,17H,4,18H2,1-3H3. The topological polar surface area (TPSA) is 35.2 Å². The monoisotopic (exact) mass is 289 g/mol. The predicted octanol–water partition coefficient (Wildman–Crippen LogP) is 4.73. The van der Waals surface area contributed by atoms with E-state index in [1.165, 1.54) is 10.4 Å². The van der Waals surface area contributed by atoms with Gasteiger partial charge in [0.15, 0.2) is 0 Å². The van der Waals surface area contributed by atoms with Crippen LogP contribution in [0.2, 0.25) is 0 Å². The van der Waals surface area contributed by atoms with Gasteiger partial charge in [0, 0.05) is 10.9 Å². The van der Waals surface area contributed by atoms with Crippen molar-refractivity contribution in [1.82, 2.24) is 0 Å². The lowest BCUT2D eigenvalue weighted by molar-refractivity contribution is 0.184. The molecular weight excluding hydrogens is 266 g/mol. The number of hydrogen-bond acceptors (Lipinski definition) is 3. The molecule has 0 aliphatic heterocycles. The van der Waals surface area contributed by atoms with E-state index in [0.29, 0.717) is 5.92 Å². The lowest BCUT2D eigenvalue weighted by Gasteiger charge is -2.21. The van der Waals surface area contributed by atoms with Gasteiger partial charge in [-0.2, -0.15) is 0 Å². The average Bonchev–Trinajstić information content (AvgIpc) is 2.98. The zero-order valence-corrected chi connectivity index (χ0v) is 13.2. The van der Waals surface area contributed by atoms with E-state index in [-0.39, 0.29) is 12.1 Å². The Labute approximate surface area is 125 Å². The molecule has 0 aliphatic rings. The summed E-state index contributed by atoms with van der Waals surface area (Å²) < 4.78 is 6.07. The highest BCUT2D eigenvalue weighted by Crippen LogP contribution is 2.28. The van der Waals surface area contributed by atoms with Crippen LogP contribution in [0.5, 0.6) is 5.75 Å². The smallest absolute Gasteiger partial charge is 0.148 e. The van der Waals surface area contributed by atoms with Crippen molar-refractivity contribution >= 4 is 11.3 Å². The molecule has 108 valence electrons. The Balaban J connectivity index is 2.11. The van der Waals surface area contributed by atoms with Gasteiger partial charge in [0.25, 0.3) is 0 Å². The number of thiophene rings is 1. The fourth-order valence-corrected chi connectivity index (χ4v) is 3.00. The highest BCUT2D eigenvalue weighted by molar-refractivity contribution is 7.10. The van der Waals surface area contributed by atoms with Gasteiger partial charge < -0.3 is 10.5 Å². The van der Waals surface area contributed by atoms with Crippen molar-refractivity contribution in [2.75, 3.05) is 0 Å². The first kappa shape index (κ1) is 15.1. The second-order valence-electron chi connectivity index (χ2n) is 5.29. The van der Waals surface area contributed by atoms with Crippen molar-refractivity contribution in [1.29, 1.82) is 0 Å². The zero-order chi connectivity index (χ0) is 14.5. The predicted molar refractivity (Wildman–Crippen MR) is 86.5 cm³/mol. The van der Waals surface area contributed by atoms with Gasteiger partial charge in [-0.1, -0.05) is 32.0 Å². The Kier molecular flexibility index (Phi) is 5.21. The number of rotatable bonds is 6. The third-order valence-corrected chi connectivity index (χ3v) is 4.56. The molecule has 1 aromatic heterocycles. The van der Waals surface area contributed by atoms with Crippen LogP contribution in [-0.4, -0.2) is 6.04 Å². The Morgan fingerprint density at radius 2 is 1.85 bits per heavy atom. The van der Waals surface area contributed by atoms with Gasteiger partial charge >= 0.3 is 0 Å². The minimum absolute atomic E-state index is 0.0390. The summed E-state index contributed by atoms with van der Waals surface area (Å²) in [6, 6.07) is 12.5. The van der Waals surface area contributed by atoms with Gasteiger partial charge in [0.2, 0.25) is 0 Å². The second kappa shape index (κ2) is 6.91. The van der Waals surface area contributed by atoms with E-state index in [2.05, 4.69) is 37.4 Å². The Morgan fingerprint density at radius 3 is 2.35 bits per heavy atom. The highest BCUT2D eigenvalue weighted by Gasteiger charge is 2.19. The molecule has 0 fully saturated rings. The summed E-state index contributed by atoms with van der Waals surface area (Å²) in [6.07, 6.45) is 1.07. The fraction of sp³-hybridized carbons (Fsp3) is 0.412. The molecule has 1 aromatic carbocycles. The maximum absolute atomic E-state index is 6.07. The van der Waals surface area contributed by atoms with E-state index in [0.717, 1.165) is 12.2 Å². The molecule has 3 heteroatoms. The quantitative estimate of drug-likeness (QED) is 0.834. The molecule has 2 nitrogen and oxygen atoms in total. The van der Waals surface area contributed by atoms with Crippen molar-refractivity contribution in [3.63, 3.8) is 0 Å². The molecule has 3 unspecified atom stereocenters. The molecule has 0 saturated heterocycles. The first-order valence-electron chi connectivity index (χ1n) is 7.17. The maximum atomic E-state index is 6.07. The second-order valence-corrected chi connectivity index (χ2v) is 6.27. The van der Waals surface area contributed by atoms with Crippen molar-refractivity contribution in [3.8, 4) is 5.75 Å². The molecule has 2 aromatic rings. The molecule has 0 saturated carbocycles. The van der Waals surface area contributed by atoms with Crippen LogP contribution in [0.15, 0.2) is 41.8 Å². The Morgan fingerprint density at radius 1 is 1.15 bits per heavy atom. The molecule has 0 radical (unpaired) electrons. The minimum Gasteiger partial charge on any atom is -0.483 e. The van der Waals surface area contributed by atoms with E-state index < -0.39 is 0 Å². The van der Waals surface area contributed by atoms with Crippen LogP contribution in [-0.2, 0) is 0 Å². The van der Waals surface area contributed by atoms with E-state index in [4.69, 9.17) is 10.5 Å². The maximum Gasteiger partial charge on any atom is 0.148 e. The largest absolute Gasteiger partial charge is 0.483 e. The average molecular weight is 289 g/mol. The summed E-state index contributed by atoms with van der Waals surface area (Å²) in [5.74, 6) is 1.47. The highest BCUT2D eigenvalue weighted by atomic mass is 32.1. The fourth-order valence-electron chi connectivity index (χ4n) is 2.13. The van der Waals surface area contributed by atoms with E-state index in [1.54, 1.807) is 11.3 Å². The minimum atomic E-state index is -0.0792. The molecule has 2 N–H and O–H groups in total. The molecule has 0 bridgehead atoms. The Bertz CT molecular complexity index is 504. The SMILES string of the molecule is CCC(C)c1ccc(OC(c2cccs2)C(C)N)cc1. The van der Waals surface area contributed by atoms with Crippen molar-refractivity contribution < 1.29 is 4.74 Å². The van der Waals surface area contributed by atoms with E-state index in [1.807, 2.05) is 25.1 Å². The first-order valence-corrected chi connectivity index (χ1v) is 8.05. The molecule has 2 rings (SSSR count). The molecule has 0 amide bonds. The molecule has 0 aliphatic carbocycles. The summed E-state index contributed by atoms with van der Waals surface area (Å²) in [4.78, 5) is 1.17. The first-order chi connectivity index (χ1) is 9.61. The van der Waals surface area contributed by atoms with Crippen molar-refractivity contribution in [3.05, 3.63) is 52.2 Å². The van der Waals surface area contributed by atoms with Crippen molar-refractivity contribution in [2.45, 2.75) is 45.3 Å². The third-order valence-electron chi connectivity index (χ3n) is 3.63. The normalized spacial score (nSPS) is 15.6. The number of hydrogen-bond donors (Lipinski definition) is 1. The van der Waals surface area contributed by atoms with Crippen LogP contribution in [0.3, 0.4) is 0 Å². The molecule has 0 spiro atoms. The van der Waals surface area contributed by atoms with Crippen molar-refractivity contribution in [2.24, 2.45) is 5.73 Å². The summed E-state index contributed by atoms with van der Waals surface area (Å²) in [7, 11) is 0. The zero-order valence-electron chi connectivity index (χ0n) is 12.4. The summed E-state index contributed by atoms with van der Waals surface area (Å²) in [6.45, 7) is 6.43. The van der Waals surface area contributed by atoms with E-state index in [9.17, 15) is 0 Å². The summed E-state index contributed by atoms with van der Waals surface area (Å²) in [5.41, 5.74) is 7.41. The molecule has 1 heterocycles. The lowest BCUT2D eigenvalue weighted by atomic mass is 9.99. The van der Waals surface area contributed by atoms with Crippen LogP contribution >= 0.6 is 11.3 Å². The lowest BCUT2D eigenvalue weighted by Crippen LogP contribution is -2.28. The van der Waals surface area contributed by atoms with Crippen LogP contribution in [0.25, 0.3) is 0 Å².